The monoisotopic (exact) mass is 308 g/mol. The number of aryl methyl sites for hydroxylation is 1. The molecule has 3 rings (SSSR count). The molecule has 0 bridgehead atoms. The molecule has 23 heavy (non-hydrogen) atoms. The van der Waals surface area contributed by atoms with Gasteiger partial charge in [0.05, 0.1) is 5.69 Å². The molecule has 0 aliphatic heterocycles. The van der Waals surface area contributed by atoms with Crippen LogP contribution in [0.4, 0.5) is 0 Å². The number of nitrogens with zero attached hydrogens (tertiary/aromatic N) is 3. The molecule has 3 aromatic rings. The maximum absolute atomic E-state index is 12.2. The second-order valence-electron chi connectivity index (χ2n) is 5.73. The van der Waals surface area contributed by atoms with E-state index >= 15 is 0 Å². The standard InChI is InChI=1S/C18H20N4O/c1-4-12(2)19-18(23)16-11-17-20-15(10-13(3)22(17)21-16)14-8-6-5-7-9-14/h5-12H,4H2,1-3H3,(H,19,23). The van der Waals surface area contributed by atoms with Crippen molar-refractivity contribution in [3.05, 3.63) is 53.9 Å². The highest BCUT2D eigenvalue weighted by Gasteiger charge is 2.15. The molecule has 1 amide bonds. The number of nitrogens with one attached hydrogen (secondary N) is 1. The number of hydrogen-bond donors (Lipinski definition) is 1. The van der Waals surface area contributed by atoms with Gasteiger partial charge in [0.25, 0.3) is 5.91 Å². The number of hydrogen-bond acceptors (Lipinski definition) is 3. The lowest BCUT2D eigenvalue weighted by Gasteiger charge is -2.09. The first-order valence-corrected chi connectivity index (χ1v) is 7.82. The largest absolute Gasteiger partial charge is 0.348 e. The van der Waals surface area contributed by atoms with E-state index in [1.807, 2.05) is 57.2 Å². The normalized spacial score (nSPS) is 12.3. The molecule has 0 aliphatic carbocycles. The zero-order valence-electron chi connectivity index (χ0n) is 13.6. The molecule has 0 saturated carbocycles. The van der Waals surface area contributed by atoms with Gasteiger partial charge in [-0.15, -0.1) is 0 Å². The summed E-state index contributed by atoms with van der Waals surface area (Å²) < 4.78 is 1.71. The van der Waals surface area contributed by atoms with E-state index in [2.05, 4.69) is 15.4 Å². The van der Waals surface area contributed by atoms with Crippen LogP contribution in [0.3, 0.4) is 0 Å². The number of benzene rings is 1. The Morgan fingerprint density at radius 2 is 2.00 bits per heavy atom. The Kier molecular flexibility index (Phi) is 4.10. The Bertz CT molecular complexity index is 839. The number of aromatic nitrogens is 3. The molecule has 2 aromatic heterocycles. The molecule has 2 heterocycles. The average molecular weight is 308 g/mol. The minimum Gasteiger partial charge on any atom is -0.348 e. The van der Waals surface area contributed by atoms with Gasteiger partial charge in [-0.1, -0.05) is 37.3 Å². The second-order valence-corrected chi connectivity index (χ2v) is 5.73. The third-order valence-corrected chi connectivity index (χ3v) is 3.90. The predicted octanol–water partition coefficient (Wildman–Crippen LogP) is 3.23. The van der Waals surface area contributed by atoms with Crippen molar-refractivity contribution in [2.45, 2.75) is 33.2 Å². The van der Waals surface area contributed by atoms with E-state index in [0.29, 0.717) is 11.3 Å². The highest BCUT2D eigenvalue weighted by Crippen LogP contribution is 2.19. The van der Waals surface area contributed by atoms with Crippen molar-refractivity contribution in [3.63, 3.8) is 0 Å². The van der Waals surface area contributed by atoms with Gasteiger partial charge in [0.2, 0.25) is 0 Å². The van der Waals surface area contributed by atoms with Gasteiger partial charge in [0.1, 0.15) is 0 Å². The predicted molar refractivity (Wildman–Crippen MR) is 90.4 cm³/mol. The van der Waals surface area contributed by atoms with Gasteiger partial charge in [0, 0.05) is 23.4 Å². The van der Waals surface area contributed by atoms with Crippen LogP contribution in [0.25, 0.3) is 16.9 Å². The molecule has 5 nitrogen and oxygen atoms in total. The first-order chi connectivity index (χ1) is 11.1. The molecular weight excluding hydrogens is 288 g/mol. The van der Waals surface area contributed by atoms with Crippen molar-refractivity contribution in [3.8, 4) is 11.3 Å². The summed E-state index contributed by atoms with van der Waals surface area (Å²) in [5.41, 5.74) is 3.94. The molecule has 0 radical (unpaired) electrons. The molecular formula is C18H20N4O. The van der Waals surface area contributed by atoms with E-state index in [1.165, 1.54) is 0 Å². The van der Waals surface area contributed by atoms with Gasteiger partial charge in [-0.25, -0.2) is 9.50 Å². The summed E-state index contributed by atoms with van der Waals surface area (Å²) in [5.74, 6) is -0.162. The van der Waals surface area contributed by atoms with E-state index in [9.17, 15) is 4.79 Å². The maximum atomic E-state index is 12.2. The minimum absolute atomic E-state index is 0.126. The number of rotatable bonds is 4. The van der Waals surface area contributed by atoms with Crippen LogP contribution in [0.2, 0.25) is 0 Å². The zero-order valence-corrected chi connectivity index (χ0v) is 13.6. The molecule has 0 saturated heterocycles. The Hall–Kier alpha value is -2.69. The Morgan fingerprint density at radius 3 is 2.70 bits per heavy atom. The summed E-state index contributed by atoms with van der Waals surface area (Å²) in [5, 5.41) is 7.31. The third kappa shape index (κ3) is 3.08. The maximum Gasteiger partial charge on any atom is 0.272 e. The lowest BCUT2D eigenvalue weighted by molar-refractivity contribution is 0.0934. The van der Waals surface area contributed by atoms with Gasteiger partial charge in [-0.3, -0.25) is 4.79 Å². The fourth-order valence-corrected chi connectivity index (χ4v) is 2.39. The van der Waals surface area contributed by atoms with Crippen LogP contribution in [-0.4, -0.2) is 26.5 Å². The van der Waals surface area contributed by atoms with E-state index in [4.69, 9.17) is 0 Å². The van der Waals surface area contributed by atoms with Crippen LogP contribution in [0.15, 0.2) is 42.5 Å². The van der Waals surface area contributed by atoms with Gasteiger partial charge in [0.15, 0.2) is 11.3 Å². The van der Waals surface area contributed by atoms with Crippen molar-refractivity contribution in [1.82, 2.24) is 19.9 Å². The second kappa shape index (κ2) is 6.20. The van der Waals surface area contributed by atoms with Crippen LogP contribution >= 0.6 is 0 Å². The summed E-state index contributed by atoms with van der Waals surface area (Å²) in [6, 6.07) is 13.8. The molecule has 1 aromatic carbocycles. The molecule has 0 spiro atoms. The molecule has 0 aliphatic rings. The SMILES string of the molecule is CCC(C)NC(=O)c1cc2nc(-c3ccccc3)cc(C)n2n1. The van der Waals surface area contributed by atoms with Crippen LogP contribution in [0.1, 0.15) is 36.5 Å². The van der Waals surface area contributed by atoms with Gasteiger partial charge in [-0.05, 0) is 26.3 Å². The van der Waals surface area contributed by atoms with Crippen LogP contribution < -0.4 is 5.32 Å². The number of carbonyl (C=O) groups is 1. The van der Waals surface area contributed by atoms with E-state index in [-0.39, 0.29) is 11.9 Å². The van der Waals surface area contributed by atoms with Gasteiger partial charge >= 0.3 is 0 Å². The van der Waals surface area contributed by atoms with Crippen molar-refractivity contribution in [2.75, 3.05) is 0 Å². The van der Waals surface area contributed by atoms with E-state index in [1.54, 1.807) is 10.6 Å². The number of amides is 1. The van der Waals surface area contributed by atoms with E-state index < -0.39 is 0 Å². The summed E-state index contributed by atoms with van der Waals surface area (Å²) in [4.78, 5) is 16.9. The molecule has 5 heteroatoms. The first-order valence-electron chi connectivity index (χ1n) is 7.82. The molecule has 1 unspecified atom stereocenters. The number of carbonyl (C=O) groups excluding carboxylic acids is 1. The topological polar surface area (TPSA) is 59.3 Å². The Labute approximate surface area is 135 Å². The summed E-state index contributed by atoms with van der Waals surface area (Å²) >= 11 is 0. The van der Waals surface area contributed by atoms with Gasteiger partial charge < -0.3 is 5.32 Å². The molecule has 0 fully saturated rings. The fourth-order valence-electron chi connectivity index (χ4n) is 2.39. The van der Waals surface area contributed by atoms with Crippen LogP contribution in [0.5, 0.6) is 0 Å². The smallest absolute Gasteiger partial charge is 0.272 e. The number of fused-ring (bicyclic) bond motifs is 1. The van der Waals surface area contributed by atoms with Crippen LogP contribution in [0, 0.1) is 6.92 Å². The highest BCUT2D eigenvalue weighted by atomic mass is 16.2. The Balaban J connectivity index is 2.00. The van der Waals surface area contributed by atoms with Crippen molar-refractivity contribution < 1.29 is 4.79 Å². The van der Waals surface area contributed by atoms with Gasteiger partial charge in [-0.2, -0.15) is 5.10 Å². The van der Waals surface area contributed by atoms with Crippen molar-refractivity contribution >= 4 is 11.6 Å². The lowest BCUT2D eigenvalue weighted by atomic mass is 10.1. The zero-order chi connectivity index (χ0) is 16.4. The molecule has 1 atom stereocenters. The lowest BCUT2D eigenvalue weighted by Crippen LogP contribution is -2.32. The highest BCUT2D eigenvalue weighted by molar-refractivity contribution is 5.93. The summed E-state index contributed by atoms with van der Waals surface area (Å²) in [7, 11) is 0. The fraction of sp³-hybridized carbons (Fsp3) is 0.278. The molecule has 118 valence electrons. The van der Waals surface area contributed by atoms with Crippen molar-refractivity contribution in [1.29, 1.82) is 0 Å². The first kappa shape index (κ1) is 15.2. The minimum atomic E-state index is -0.162. The summed E-state index contributed by atoms with van der Waals surface area (Å²) in [6.07, 6.45) is 0.883. The molecule has 1 N–H and O–H groups in total. The Morgan fingerprint density at radius 1 is 1.26 bits per heavy atom. The van der Waals surface area contributed by atoms with Crippen LogP contribution in [-0.2, 0) is 0 Å². The average Bonchev–Trinajstić information content (AvgIpc) is 3.00. The quantitative estimate of drug-likeness (QED) is 0.805. The van der Waals surface area contributed by atoms with E-state index in [0.717, 1.165) is 23.4 Å². The third-order valence-electron chi connectivity index (χ3n) is 3.90. The summed E-state index contributed by atoms with van der Waals surface area (Å²) in [6.45, 7) is 5.97. The van der Waals surface area contributed by atoms with Crippen molar-refractivity contribution in [2.24, 2.45) is 0 Å².